The molecule has 0 fully saturated rings. The Labute approximate surface area is 111 Å². The normalized spacial score (nSPS) is 11.5. The van der Waals surface area contributed by atoms with E-state index in [4.69, 9.17) is 4.42 Å². The highest BCUT2D eigenvalue weighted by Crippen LogP contribution is 2.23. The van der Waals surface area contributed by atoms with E-state index in [1.165, 1.54) is 6.39 Å². The number of nitrogens with zero attached hydrogens (tertiary/aromatic N) is 2. The van der Waals surface area contributed by atoms with Gasteiger partial charge in [-0.1, -0.05) is 6.92 Å². The molecule has 1 N–H and O–H groups in total. The van der Waals surface area contributed by atoms with Gasteiger partial charge in [0.05, 0.1) is 11.4 Å². The molecular formula is C12H15N3O3S. The smallest absolute Gasteiger partial charge is 0.247 e. The minimum Gasteiger partial charge on any atom is -0.423 e. The molecule has 0 unspecified atom stereocenters. The van der Waals surface area contributed by atoms with Gasteiger partial charge in [0, 0.05) is 5.56 Å². The topological polar surface area (TPSA) is 85.1 Å². The Morgan fingerprint density at radius 3 is 2.74 bits per heavy atom. The Morgan fingerprint density at radius 1 is 1.37 bits per heavy atom. The third kappa shape index (κ3) is 3.31. The quantitative estimate of drug-likeness (QED) is 0.908. The molecule has 0 saturated heterocycles. The Balaban J connectivity index is 2.25. The maximum atomic E-state index is 11.7. The van der Waals surface area contributed by atoms with Gasteiger partial charge in [-0.3, -0.25) is 4.72 Å². The van der Waals surface area contributed by atoms with E-state index in [0.29, 0.717) is 18.0 Å². The predicted octanol–water partition coefficient (Wildman–Crippen LogP) is 2.20. The first-order valence-electron chi connectivity index (χ1n) is 5.89. The van der Waals surface area contributed by atoms with Crippen molar-refractivity contribution < 1.29 is 12.8 Å². The van der Waals surface area contributed by atoms with Gasteiger partial charge < -0.3 is 4.42 Å². The van der Waals surface area contributed by atoms with E-state index in [-0.39, 0.29) is 5.75 Å². The van der Waals surface area contributed by atoms with Crippen LogP contribution in [0.4, 0.5) is 5.69 Å². The molecule has 0 bridgehead atoms. The molecular weight excluding hydrogens is 266 g/mol. The summed E-state index contributed by atoms with van der Waals surface area (Å²) >= 11 is 0. The van der Waals surface area contributed by atoms with Crippen molar-refractivity contribution in [3.8, 4) is 11.5 Å². The zero-order chi connectivity index (χ0) is 13.9. The number of benzene rings is 1. The van der Waals surface area contributed by atoms with E-state index in [1.807, 2.05) is 13.8 Å². The first-order valence-corrected chi connectivity index (χ1v) is 7.55. The van der Waals surface area contributed by atoms with Gasteiger partial charge in [0.25, 0.3) is 0 Å². The van der Waals surface area contributed by atoms with Gasteiger partial charge in [0.1, 0.15) is 0 Å². The SMILES string of the molecule is CCCS(=O)(=O)Nc1ccc(-c2nnco2)cc1C. The molecule has 0 aliphatic carbocycles. The van der Waals surface area contributed by atoms with Gasteiger partial charge in [-0.15, -0.1) is 10.2 Å². The van der Waals surface area contributed by atoms with Crippen LogP contribution in [-0.2, 0) is 10.0 Å². The molecule has 0 atom stereocenters. The largest absolute Gasteiger partial charge is 0.423 e. The molecule has 102 valence electrons. The summed E-state index contributed by atoms with van der Waals surface area (Å²) in [6.07, 6.45) is 1.83. The lowest BCUT2D eigenvalue weighted by Gasteiger charge is -2.10. The summed E-state index contributed by atoms with van der Waals surface area (Å²) < 4.78 is 31.1. The summed E-state index contributed by atoms with van der Waals surface area (Å²) in [5.41, 5.74) is 2.13. The lowest BCUT2D eigenvalue weighted by Crippen LogP contribution is -2.16. The monoisotopic (exact) mass is 281 g/mol. The van der Waals surface area contributed by atoms with E-state index in [2.05, 4.69) is 14.9 Å². The first kappa shape index (κ1) is 13.5. The highest BCUT2D eigenvalue weighted by atomic mass is 32.2. The summed E-state index contributed by atoms with van der Waals surface area (Å²) in [6, 6.07) is 5.24. The van der Waals surface area contributed by atoms with E-state index in [0.717, 1.165) is 11.1 Å². The van der Waals surface area contributed by atoms with E-state index in [9.17, 15) is 8.42 Å². The molecule has 0 amide bonds. The van der Waals surface area contributed by atoms with Crippen LogP contribution in [0.1, 0.15) is 18.9 Å². The summed E-state index contributed by atoms with van der Waals surface area (Å²) in [5.74, 6) is 0.517. The average molecular weight is 281 g/mol. The number of sulfonamides is 1. The van der Waals surface area contributed by atoms with Crippen LogP contribution >= 0.6 is 0 Å². The molecule has 1 aromatic carbocycles. The van der Waals surface area contributed by atoms with Crippen LogP contribution in [0.2, 0.25) is 0 Å². The summed E-state index contributed by atoms with van der Waals surface area (Å²) in [6.45, 7) is 3.65. The lowest BCUT2D eigenvalue weighted by molar-refractivity contribution is 0.568. The Bertz CT molecular complexity index is 651. The van der Waals surface area contributed by atoms with Crippen molar-refractivity contribution in [2.45, 2.75) is 20.3 Å². The third-order valence-corrected chi connectivity index (χ3v) is 4.05. The fourth-order valence-corrected chi connectivity index (χ4v) is 2.90. The van der Waals surface area contributed by atoms with E-state index in [1.54, 1.807) is 18.2 Å². The zero-order valence-electron chi connectivity index (χ0n) is 10.8. The fourth-order valence-electron chi connectivity index (χ4n) is 1.70. The zero-order valence-corrected chi connectivity index (χ0v) is 11.6. The summed E-state index contributed by atoms with van der Waals surface area (Å²) in [5, 5.41) is 7.41. The summed E-state index contributed by atoms with van der Waals surface area (Å²) in [4.78, 5) is 0. The minimum absolute atomic E-state index is 0.109. The van der Waals surface area contributed by atoms with Crippen LogP contribution in [0, 0.1) is 6.92 Å². The fraction of sp³-hybridized carbons (Fsp3) is 0.333. The van der Waals surface area contributed by atoms with Crippen LogP contribution in [0.5, 0.6) is 0 Å². The van der Waals surface area contributed by atoms with Crippen LogP contribution in [0.3, 0.4) is 0 Å². The number of aromatic nitrogens is 2. The van der Waals surface area contributed by atoms with Crippen LogP contribution in [-0.4, -0.2) is 24.4 Å². The van der Waals surface area contributed by atoms with Gasteiger partial charge in [-0.05, 0) is 37.1 Å². The van der Waals surface area contributed by atoms with Crippen molar-refractivity contribution in [1.29, 1.82) is 0 Å². The van der Waals surface area contributed by atoms with Crippen molar-refractivity contribution in [3.63, 3.8) is 0 Å². The molecule has 0 aliphatic rings. The lowest BCUT2D eigenvalue weighted by atomic mass is 10.1. The maximum Gasteiger partial charge on any atom is 0.247 e. The van der Waals surface area contributed by atoms with E-state index < -0.39 is 10.0 Å². The second-order valence-corrected chi connectivity index (χ2v) is 6.04. The number of hydrogen-bond donors (Lipinski definition) is 1. The summed E-state index contributed by atoms with van der Waals surface area (Å²) in [7, 11) is -3.28. The van der Waals surface area contributed by atoms with Crippen molar-refractivity contribution in [2.75, 3.05) is 10.5 Å². The number of anilines is 1. The number of rotatable bonds is 5. The molecule has 2 aromatic rings. The molecule has 1 heterocycles. The predicted molar refractivity (Wildman–Crippen MR) is 72.2 cm³/mol. The Kier molecular flexibility index (Phi) is 3.84. The highest BCUT2D eigenvalue weighted by Gasteiger charge is 2.12. The molecule has 19 heavy (non-hydrogen) atoms. The van der Waals surface area contributed by atoms with Gasteiger partial charge >= 0.3 is 0 Å². The van der Waals surface area contributed by atoms with Crippen LogP contribution in [0.15, 0.2) is 29.0 Å². The van der Waals surface area contributed by atoms with E-state index >= 15 is 0 Å². The molecule has 0 radical (unpaired) electrons. The molecule has 0 saturated carbocycles. The Morgan fingerprint density at radius 2 is 2.16 bits per heavy atom. The third-order valence-electron chi connectivity index (χ3n) is 2.57. The molecule has 0 aliphatic heterocycles. The second kappa shape index (κ2) is 5.40. The van der Waals surface area contributed by atoms with Gasteiger partial charge in [0.15, 0.2) is 0 Å². The second-order valence-electron chi connectivity index (χ2n) is 4.19. The van der Waals surface area contributed by atoms with Gasteiger partial charge in [-0.2, -0.15) is 0 Å². The minimum atomic E-state index is -3.28. The number of nitrogens with one attached hydrogen (secondary N) is 1. The standard InChI is InChI=1S/C12H15N3O3S/c1-3-6-19(16,17)15-11-5-4-10(7-9(11)2)12-14-13-8-18-12/h4-5,7-8,15H,3,6H2,1-2H3. The van der Waals surface area contributed by atoms with Crippen molar-refractivity contribution in [1.82, 2.24) is 10.2 Å². The molecule has 6 nitrogen and oxygen atoms in total. The highest BCUT2D eigenvalue weighted by molar-refractivity contribution is 7.92. The Hall–Kier alpha value is -1.89. The van der Waals surface area contributed by atoms with Crippen LogP contribution < -0.4 is 4.72 Å². The van der Waals surface area contributed by atoms with Gasteiger partial charge in [0.2, 0.25) is 22.3 Å². The maximum absolute atomic E-state index is 11.7. The van der Waals surface area contributed by atoms with Crippen molar-refractivity contribution in [2.24, 2.45) is 0 Å². The molecule has 0 spiro atoms. The molecule has 1 aromatic heterocycles. The molecule has 2 rings (SSSR count). The van der Waals surface area contributed by atoms with Crippen LogP contribution in [0.25, 0.3) is 11.5 Å². The van der Waals surface area contributed by atoms with Crippen molar-refractivity contribution >= 4 is 15.7 Å². The number of hydrogen-bond acceptors (Lipinski definition) is 5. The average Bonchev–Trinajstić information content (AvgIpc) is 2.85. The molecule has 7 heteroatoms. The number of aryl methyl sites for hydroxylation is 1. The first-order chi connectivity index (χ1) is 9.02. The van der Waals surface area contributed by atoms with Crippen molar-refractivity contribution in [3.05, 3.63) is 30.2 Å². The van der Waals surface area contributed by atoms with Gasteiger partial charge in [-0.25, -0.2) is 8.42 Å².